The first kappa shape index (κ1) is 15.3. The van der Waals surface area contributed by atoms with Gasteiger partial charge in [0.1, 0.15) is 18.0 Å². The van der Waals surface area contributed by atoms with Gasteiger partial charge < -0.3 is 15.2 Å². The zero-order valence-electron chi connectivity index (χ0n) is 13.1. The van der Waals surface area contributed by atoms with Crippen molar-refractivity contribution in [2.45, 2.75) is 57.6 Å². The predicted octanol–water partition coefficient (Wildman–Crippen LogP) is 2.87. The highest BCUT2D eigenvalue weighted by Gasteiger charge is 2.27. The highest BCUT2D eigenvalue weighted by atomic mass is 16.5. The molecule has 0 spiro atoms. The maximum Gasteiger partial charge on any atom is 0.119 e. The zero-order chi connectivity index (χ0) is 14.8. The van der Waals surface area contributed by atoms with E-state index in [0.29, 0.717) is 19.2 Å². The molecule has 3 nitrogen and oxygen atoms in total. The van der Waals surface area contributed by atoms with Gasteiger partial charge in [-0.05, 0) is 42.9 Å². The van der Waals surface area contributed by atoms with E-state index in [2.05, 4.69) is 38.2 Å². The Labute approximate surface area is 122 Å². The van der Waals surface area contributed by atoms with E-state index in [1.807, 2.05) is 19.1 Å². The van der Waals surface area contributed by atoms with Crippen LogP contribution in [0, 0.1) is 0 Å². The number of nitrogens with one attached hydrogen (secondary N) is 1. The Morgan fingerprint density at radius 3 is 2.55 bits per heavy atom. The Bertz CT molecular complexity index is 445. The minimum atomic E-state index is -0.833. The molecule has 1 aliphatic carbocycles. The van der Waals surface area contributed by atoms with E-state index in [1.54, 1.807) is 0 Å². The third-order valence-electron chi connectivity index (χ3n) is 3.60. The van der Waals surface area contributed by atoms with Crippen molar-refractivity contribution >= 4 is 0 Å². The van der Waals surface area contributed by atoms with Crippen LogP contribution in [-0.4, -0.2) is 29.9 Å². The quantitative estimate of drug-likeness (QED) is 0.840. The Morgan fingerprint density at radius 1 is 1.25 bits per heavy atom. The maximum absolute atomic E-state index is 10.3. The fraction of sp³-hybridized carbons (Fsp3) is 0.647. The van der Waals surface area contributed by atoms with Crippen LogP contribution in [0.4, 0.5) is 0 Å². The molecule has 3 heteroatoms. The molecule has 2 rings (SSSR count). The highest BCUT2D eigenvalue weighted by Crippen LogP contribution is 2.26. The van der Waals surface area contributed by atoms with Gasteiger partial charge in [0.2, 0.25) is 0 Å². The topological polar surface area (TPSA) is 41.5 Å². The number of hydrogen-bond donors (Lipinski definition) is 2. The van der Waals surface area contributed by atoms with E-state index in [4.69, 9.17) is 4.74 Å². The van der Waals surface area contributed by atoms with Gasteiger partial charge in [0.25, 0.3) is 0 Å². The zero-order valence-corrected chi connectivity index (χ0v) is 13.1. The van der Waals surface area contributed by atoms with E-state index in [-0.39, 0.29) is 5.41 Å². The number of ether oxygens (including phenoxy) is 1. The van der Waals surface area contributed by atoms with Gasteiger partial charge in [0.15, 0.2) is 0 Å². The summed E-state index contributed by atoms with van der Waals surface area (Å²) >= 11 is 0. The monoisotopic (exact) mass is 277 g/mol. The Morgan fingerprint density at radius 2 is 1.95 bits per heavy atom. The van der Waals surface area contributed by atoms with Crippen molar-refractivity contribution in [2.75, 3.05) is 13.2 Å². The van der Waals surface area contributed by atoms with Crippen molar-refractivity contribution in [2.24, 2.45) is 0 Å². The molecule has 0 radical (unpaired) electrons. The molecule has 0 aromatic heterocycles. The average Bonchev–Trinajstić information content (AvgIpc) is 3.18. The molecule has 1 unspecified atom stereocenters. The lowest BCUT2D eigenvalue weighted by molar-refractivity contribution is 0.0120. The molecule has 0 saturated heterocycles. The minimum Gasteiger partial charge on any atom is -0.491 e. The second-order valence-electron chi connectivity index (χ2n) is 7.22. The van der Waals surface area contributed by atoms with Crippen molar-refractivity contribution in [3.63, 3.8) is 0 Å². The molecule has 1 aliphatic rings. The smallest absolute Gasteiger partial charge is 0.119 e. The van der Waals surface area contributed by atoms with Crippen LogP contribution in [0.3, 0.4) is 0 Å². The number of hydrogen-bond acceptors (Lipinski definition) is 3. The fourth-order valence-electron chi connectivity index (χ4n) is 1.99. The van der Waals surface area contributed by atoms with Gasteiger partial charge in [0.05, 0.1) is 0 Å². The summed E-state index contributed by atoms with van der Waals surface area (Å²) in [5.41, 5.74) is 0.515. The van der Waals surface area contributed by atoms with Crippen LogP contribution in [-0.2, 0) is 5.41 Å². The molecule has 0 heterocycles. The van der Waals surface area contributed by atoms with Crippen LogP contribution >= 0.6 is 0 Å². The first-order valence-electron chi connectivity index (χ1n) is 7.45. The fourth-order valence-corrected chi connectivity index (χ4v) is 1.99. The first-order chi connectivity index (χ1) is 9.26. The molecule has 1 saturated carbocycles. The SMILES string of the molecule is CC(O)(CNC1CC1)COc1cccc(C(C)(C)C)c1. The van der Waals surface area contributed by atoms with Gasteiger partial charge in [-0.15, -0.1) is 0 Å². The molecule has 112 valence electrons. The predicted molar refractivity (Wildman–Crippen MR) is 82.3 cm³/mol. The van der Waals surface area contributed by atoms with E-state index >= 15 is 0 Å². The molecule has 0 aliphatic heterocycles. The van der Waals surface area contributed by atoms with Gasteiger partial charge in [-0.25, -0.2) is 0 Å². The van der Waals surface area contributed by atoms with Crippen LogP contribution in [0.15, 0.2) is 24.3 Å². The average molecular weight is 277 g/mol. The minimum absolute atomic E-state index is 0.107. The highest BCUT2D eigenvalue weighted by molar-refractivity contribution is 5.32. The Kier molecular flexibility index (Phi) is 4.40. The van der Waals surface area contributed by atoms with E-state index in [1.165, 1.54) is 18.4 Å². The number of rotatable bonds is 6. The lowest BCUT2D eigenvalue weighted by Gasteiger charge is -2.25. The molecule has 2 N–H and O–H groups in total. The maximum atomic E-state index is 10.3. The molecular weight excluding hydrogens is 250 g/mol. The molecular formula is C17H27NO2. The van der Waals surface area contributed by atoms with Crippen molar-refractivity contribution in [1.29, 1.82) is 0 Å². The summed E-state index contributed by atoms with van der Waals surface area (Å²) in [6.45, 7) is 9.25. The van der Waals surface area contributed by atoms with Gasteiger partial charge in [0, 0.05) is 12.6 Å². The summed E-state index contributed by atoms with van der Waals surface area (Å²) in [5.74, 6) is 0.823. The second-order valence-corrected chi connectivity index (χ2v) is 7.22. The summed E-state index contributed by atoms with van der Waals surface area (Å²) in [6.07, 6.45) is 2.45. The van der Waals surface area contributed by atoms with Gasteiger partial charge in [-0.2, -0.15) is 0 Å². The van der Waals surface area contributed by atoms with Crippen molar-refractivity contribution in [3.05, 3.63) is 29.8 Å². The van der Waals surface area contributed by atoms with Gasteiger partial charge in [-0.1, -0.05) is 32.9 Å². The van der Waals surface area contributed by atoms with Crippen molar-refractivity contribution in [3.8, 4) is 5.75 Å². The molecule has 1 aromatic rings. The molecule has 1 atom stereocenters. The third kappa shape index (κ3) is 4.80. The Balaban J connectivity index is 1.89. The van der Waals surface area contributed by atoms with Gasteiger partial charge >= 0.3 is 0 Å². The summed E-state index contributed by atoms with van der Waals surface area (Å²) in [6, 6.07) is 8.72. The van der Waals surface area contributed by atoms with Crippen LogP contribution in [0.5, 0.6) is 5.75 Å². The van der Waals surface area contributed by atoms with Crippen LogP contribution in [0.1, 0.15) is 46.1 Å². The van der Waals surface area contributed by atoms with Gasteiger partial charge in [-0.3, -0.25) is 0 Å². The molecule has 0 amide bonds. The van der Waals surface area contributed by atoms with E-state index in [0.717, 1.165) is 5.75 Å². The van der Waals surface area contributed by atoms with Crippen LogP contribution in [0.2, 0.25) is 0 Å². The normalized spacial score (nSPS) is 18.6. The molecule has 20 heavy (non-hydrogen) atoms. The summed E-state index contributed by atoms with van der Waals surface area (Å²) in [4.78, 5) is 0. The molecule has 1 aromatic carbocycles. The summed E-state index contributed by atoms with van der Waals surface area (Å²) in [7, 11) is 0. The number of aliphatic hydroxyl groups is 1. The lowest BCUT2D eigenvalue weighted by atomic mass is 9.87. The van der Waals surface area contributed by atoms with Crippen LogP contribution in [0.25, 0.3) is 0 Å². The van der Waals surface area contributed by atoms with Crippen LogP contribution < -0.4 is 10.1 Å². The first-order valence-corrected chi connectivity index (χ1v) is 7.45. The standard InChI is InChI=1S/C17H27NO2/c1-16(2,3)13-6-5-7-15(10-13)20-12-17(4,19)11-18-14-8-9-14/h5-7,10,14,18-19H,8-9,11-12H2,1-4H3. The van der Waals surface area contributed by atoms with E-state index in [9.17, 15) is 5.11 Å². The van der Waals surface area contributed by atoms with E-state index < -0.39 is 5.60 Å². The summed E-state index contributed by atoms with van der Waals surface area (Å²) < 4.78 is 5.77. The number of benzene rings is 1. The Hall–Kier alpha value is -1.06. The lowest BCUT2D eigenvalue weighted by Crippen LogP contribution is -2.43. The van der Waals surface area contributed by atoms with Crippen molar-refractivity contribution in [1.82, 2.24) is 5.32 Å². The van der Waals surface area contributed by atoms with Crippen molar-refractivity contribution < 1.29 is 9.84 Å². The molecule has 0 bridgehead atoms. The third-order valence-corrected chi connectivity index (χ3v) is 3.60. The second kappa shape index (κ2) is 5.74. The summed E-state index contributed by atoms with van der Waals surface area (Å²) in [5, 5.41) is 13.6. The molecule has 1 fully saturated rings. The largest absolute Gasteiger partial charge is 0.491 e.